The predicted octanol–water partition coefficient (Wildman–Crippen LogP) is 2.41. The maximum Gasteiger partial charge on any atom is 0.240 e. The smallest absolute Gasteiger partial charge is 0.240 e. The number of Topliss-reactive ketones (excluding diaryl/α,β-unsaturated/α-hetero) is 1. The van der Waals surface area contributed by atoms with Crippen LogP contribution in [-0.4, -0.2) is 41.1 Å². The number of rotatable bonds is 7. The number of ketones is 1. The van der Waals surface area contributed by atoms with Crippen molar-refractivity contribution in [1.29, 1.82) is 0 Å². The van der Waals surface area contributed by atoms with Gasteiger partial charge in [-0.25, -0.2) is 0 Å². The molecule has 0 atom stereocenters. The van der Waals surface area contributed by atoms with Crippen molar-refractivity contribution < 1.29 is 14.4 Å². The minimum absolute atomic E-state index is 0.0200. The van der Waals surface area contributed by atoms with Crippen LogP contribution in [0.5, 0.6) is 0 Å². The number of nitrogens with one attached hydrogen (secondary N) is 1. The summed E-state index contributed by atoms with van der Waals surface area (Å²) < 4.78 is 0. The number of carbonyl (C=O) groups is 3. The summed E-state index contributed by atoms with van der Waals surface area (Å²) >= 11 is 0. The van der Waals surface area contributed by atoms with Gasteiger partial charge in [-0.2, -0.15) is 0 Å². The molecule has 0 aromatic heterocycles. The molecule has 0 spiro atoms. The molecule has 1 rings (SSSR count). The van der Waals surface area contributed by atoms with Gasteiger partial charge in [0.25, 0.3) is 0 Å². The van der Waals surface area contributed by atoms with Gasteiger partial charge in [0.2, 0.25) is 11.8 Å². The van der Waals surface area contributed by atoms with E-state index in [-0.39, 0.29) is 42.5 Å². The Kier molecular flexibility index (Phi) is 6.94. The van der Waals surface area contributed by atoms with Crippen molar-refractivity contribution in [3.05, 3.63) is 35.9 Å². The van der Waals surface area contributed by atoms with Crippen LogP contribution in [0, 0.1) is 0 Å². The molecule has 0 saturated carbocycles. The van der Waals surface area contributed by atoms with Crippen LogP contribution in [0.2, 0.25) is 0 Å². The number of carbonyl (C=O) groups excluding carboxylic acids is 3. The zero-order valence-corrected chi connectivity index (χ0v) is 14.4. The quantitative estimate of drug-likeness (QED) is 0.785. The Labute approximate surface area is 138 Å². The second kappa shape index (κ2) is 8.46. The SMILES string of the molecule is CCN(CC(=O)NC(C)(C)C)C(=O)CCC(=O)c1ccccc1. The van der Waals surface area contributed by atoms with Gasteiger partial charge in [-0.1, -0.05) is 30.3 Å². The van der Waals surface area contributed by atoms with Crippen molar-refractivity contribution in [1.82, 2.24) is 10.2 Å². The monoisotopic (exact) mass is 318 g/mol. The highest BCUT2D eigenvalue weighted by Gasteiger charge is 2.20. The molecular formula is C18H26N2O3. The van der Waals surface area contributed by atoms with Crippen LogP contribution in [0.25, 0.3) is 0 Å². The molecule has 2 amide bonds. The lowest BCUT2D eigenvalue weighted by Gasteiger charge is -2.25. The first-order chi connectivity index (χ1) is 10.7. The van der Waals surface area contributed by atoms with Crippen molar-refractivity contribution in [3.63, 3.8) is 0 Å². The summed E-state index contributed by atoms with van der Waals surface area (Å²) in [5.74, 6) is -0.433. The molecule has 1 aromatic carbocycles. The average molecular weight is 318 g/mol. The summed E-state index contributed by atoms with van der Waals surface area (Å²) in [6.45, 7) is 7.95. The summed E-state index contributed by atoms with van der Waals surface area (Å²) in [5, 5.41) is 2.83. The van der Waals surface area contributed by atoms with Crippen molar-refractivity contribution in [2.24, 2.45) is 0 Å². The zero-order valence-electron chi connectivity index (χ0n) is 14.4. The fourth-order valence-corrected chi connectivity index (χ4v) is 2.15. The Morgan fingerprint density at radius 1 is 1.04 bits per heavy atom. The first-order valence-corrected chi connectivity index (χ1v) is 7.90. The molecule has 0 aliphatic heterocycles. The van der Waals surface area contributed by atoms with Crippen molar-refractivity contribution in [3.8, 4) is 0 Å². The Balaban J connectivity index is 2.51. The minimum Gasteiger partial charge on any atom is -0.350 e. The molecule has 0 heterocycles. The maximum absolute atomic E-state index is 12.2. The molecule has 0 unspecified atom stereocenters. The summed E-state index contributed by atoms with van der Waals surface area (Å²) in [4.78, 5) is 37.6. The van der Waals surface area contributed by atoms with Crippen LogP contribution >= 0.6 is 0 Å². The molecule has 0 fully saturated rings. The lowest BCUT2D eigenvalue weighted by atomic mass is 10.1. The predicted molar refractivity (Wildman–Crippen MR) is 90.2 cm³/mol. The lowest BCUT2D eigenvalue weighted by Crippen LogP contribution is -2.47. The summed E-state index contributed by atoms with van der Waals surface area (Å²) in [6, 6.07) is 8.91. The second-order valence-electron chi connectivity index (χ2n) is 6.50. The first kappa shape index (κ1) is 18.9. The lowest BCUT2D eigenvalue weighted by molar-refractivity contribution is -0.136. The standard InChI is InChI=1S/C18H26N2O3/c1-5-20(13-16(22)19-18(2,3)4)17(23)12-11-15(21)14-9-7-6-8-10-14/h6-10H,5,11-13H2,1-4H3,(H,19,22). The van der Waals surface area contributed by atoms with Crippen LogP contribution in [0.4, 0.5) is 0 Å². The summed E-state index contributed by atoms with van der Waals surface area (Å²) in [5.41, 5.74) is 0.275. The maximum atomic E-state index is 12.2. The fraction of sp³-hybridized carbons (Fsp3) is 0.500. The fourth-order valence-electron chi connectivity index (χ4n) is 2.15. The molecular weight excluding hydrogens is 292 g/mol. The molecule has 5 heteroatoms. The topological polar surface area (TPSA) is 66.5 Å². The molecule has 0 radical (unpaired) electrons. The zero-order chi connectivity index (χ0) is 17.5. The molecule has 126 valence electrons. The van der Waals surface area contributed by atoms with Gasteiger partial charge < -0.3 is 10.2 Å². The van der Waals surface area contributed by atoms with Gasteiger partial charge in [-0.05, 0) is 27.7 Å². The van der Waals surface area contributed by atoms with Gasteiger partial charge in [-0.15, -0.1) is 0 Å². The molecule has 0 aliphatic carbocycles. The largest absolute Gasteiger partial charge is 0.350 e. The van der Waals surface area contributed by atoms with E-state index in [0.29, 0.717) is 12.1 Å². The second-order valence-corrected chi connectivity index (χ2v) is 6.50. The van der Waals surface area contributed by atoms with E-state index in [2.05, 4.69) is 5.32 Å². The molecule has 1 aromatic rings. The van der Waals surface area contributed by atoms with Crippen LogP contribution in [0.1, 0.15) is 50.9 Å². The Morgan fingerprint density at radius 3 is 2.17 bits per heavy atom. The van der Waals surface area contributed by atoms with E-state index >= 15 is 0 Å². The van der Waals surface area contributed by atoms with E-state index < -0.39 is 0 Å². The van der Waals surface area contributed by atoms with Gasteiger partial charge in [0.1, 0.15) is 0 Å². The number of nitrogens with zero attached hydrogens (tertiary/aromatic N) is 1. The van der Waals surface area contributed by atoms with E-state index in [4.69, 9.17) is 0 Å². The third-order valence-corrected chi connectivity index (χ3v) is 3.25. The van der Waals surface area contributed by atoms with Crippen LogP contribution in [0.15, 0.2) is 30.3 Å². The number of hydrogen-bond donors (Lipinski definition) is 1. The first-order valence-electron chi connectivity index (χ1n) is 7.90. The number of amides is 2. The van der Waals surface area contributed by atoms with Crippen molar-refractivity contribution in [2.45, 2.75) is 46.1 Å². The summed E-state index contributed by atoms with van der Waals surface area (Å²) in [7, 11) is 0. The van der Waals surface area contributed by atoms with Gasteiger partial charge in [-0.3, -0.25) is 14.4 Å². The molecule has 0 aliphatic rings. The summed E-state index contributed by atoms with van der Waals surface area (Å²) in [6.07, 6.45) is 0.268. The van der Waals surface area contributed by atoms with Crippen LogP contribution in [0.3, 0.4) is 0 Å². The molecule has 0 saturated heterocycles. The molecule has 5 nitrogen and oxygen atoms in total. The third-order valence-electron chi connectivity index (χ3n) is 3.25. The molecule has 0 bridgehead atoms. The number of likely N-dealkylation sites (N-methyl/N-ethyl adjacent to an activating group) is 1. The van der Waals surface area contributed by atoms with E-state index in [1.54, 1.807) is 24.3 Å². The van der Waals surface area contributed by atoms with Crippen LogP contribution < -0.4 is 5.32 Å². The third kappa shape index (κ3) is 7.08. The van der Waals surface area contributed by atoms with Crippen molar-refractivity contribution >= 4 is 17.6 Å². The Morgan fingerprint density at radius 2 is 1.65 bits per heavy atom. The normalized spacial score (nSPS) is 11.0. The van der Waals surface area contributed by atoms with Gasteiger partial charge in [0, 0.05) is 30.5 Å². The van der Waals surface area contributed by atoms with E-state index in [1.165, 1.54) is 4.90 Å². The van der Waals surface area contributed by atoms with E-state index in [0.717, 1.165) is 0 Å². The van der Waals surface area contributed by atoms with E-state index in [9.17, 15) is 14.4 Å². The highest BCUT2D eigenvalue weighted by atomic mass is 16.2. The minimum atomic E-state index is -0.331. The number of hydrogen-bond acceptors (Lipinski definition) is 3. The van der Waals surface area contributed by atoms with Gasteiger partial charge in [0.15, 0.2) is 5.78 Å². The highest BCUT2D eigenvalue weighted by Crippen LogP contribution is 2.07. The van der Waals surface area contributed by atoms with E-state index in [1.807, 2.05) is 33.8 Å². The van der Waals surface area contributed by atoms with Crippen LogP contribution in [-0.2, 0) is 9.59 Å². The Hall–Kier alpha value is -2.17. The van der Waals surface area contributed by atoms with Crippen molar-refractivity contribution in [2.75, 3.05) is 13.1 Å². The average Bonchev–Trinajstić information content (AvgIpc) is 2.49. The Bertz CT molecular complexity index is 547. The van der Waals surface area contributed by atoms with Gasteiger partial charge in [0.05, 0.1) is 6.54 Å². The highest BCUT2D eigenvalue weighted by molar-refractivity contribution is 5.98. The molecule has 23 heavy (non-hydrogen) atoms. The number of benzene rings is 1. The van der Waals surface area contributed by atoms with Gasteiger partial charge >= 0.3 is 0 Å². The molecule has 1 N–H and O–H groups in total.